The molecular formula is C15H23F3N2S. The predicted molar refractivity (Wildman–Crippen MR) is 79.5 cm³/mol. The number of hydrogen-bond donors (Lipinski definition) is 1. The van der Waals surface area contributed by atoms with E-state index in [9.17, 15) is 13.2 Å². The second-order valence-corrected chi connectivity index (χ2v) is 6.79. The Labute approximate surface area is 128 Å². The highest BCUT2D eigenvalue weighted by molar-refractivity contribution is 7.09. The van der Waals surface area contributed by atoms with Crippen LogP contribution in [0, 0.1) is 18.8 Å². The average molecular weight is 320 g/mol. The molecule has 2 rings (SSSR count). The number of aromatic nitrogens is 1. The number of rotatable bonds is 5. The summed E-state index contributed by atoms with van der Waals surface area (Å²) in [5, 5.41) is 6.17. The van der Waals surface area contributed by atoms with Gasteiger partial charge in [0.25, 0.3) is 0 Å². The average Bonchev–Trinajstić information content (AvgIpc) is 2.83. The van der Waals surface area contributed by atoms with E-state index in [-0.39, 0.29) is 18.4 Å². The molecule has 0 spiro atoms. The van der Waals surface area contributed by atoms with Crippen LogP contribution in [0.25, 0.3) is 0 Å². The summed E-state index contributed by atoms with van der Waals surface area (Å²) in [6.45, 7) is 4.56. The molecule has 3 atom stereocenters. The van der Waals surface area contributed by atoms with Gasteiger partial charge >= 0.3 is 6.18 Å². The SMILES string of the molecule is CCNC(Cc1nc(C)cs1)C1CCCCC1C(F)(F)F. The highest BCUT2D eigenvalue weighted by Gasteiger charge is 2.47. The number of hydrogen-bond acceptors (Lipinski definition) is 3. The first-order valence-corrected chi connectivity index (χ1v) is 8.51. The summed E-state index contributed by atoms with van der Waals surface area (Å²) in [7, 11) is 0. The van der Waals surface area contributed by atoms with E-state index < -0.39 is 12.1 Å². The van der Waals surface area contributed by atoms with Gasteiger partial charge in [0.05, 0.1) is 10.9 Å². The molecule has 2 nitrogen and oxygen atoms in total. The van der Waals surface area contributed by atoms with Crippen molar-refractivity contribution in [3.63, 3.8) is 0 Å². The molecule has 21 heavy (non-hydrogen) atoms. The minimum atomic E-state index is -4.09. The van der Waals surface area contributed by atoms with Gasteiger partial charge in [-0.3, -0.25) is 0 Å². The van der Waals surface area contributed by atoms with Gasteiger partial charge in [-0.2, -0.15) is 13.2 Å². The highest BCUT2D eigenvalue weighted by Crippen LogP contribution is 2.43. The summed E-state index contributed by atoms with van der Waals surface area (Å²) >= 11 is 1.54. The van der Waals surface area contributed by atoms with E-state index in [0.717, 1.165) is 17.1 Å². The van der Waals surface area contributed by atoms with Gasteiger partial charge in [-0.05, 0) is 32.2 Å². The normalized spacial score (nSPS) is 25.0. The third-order valence-electron chi connectivity index (χ3n) is 4.28. The van der Waals surface area contributed by atoms with Crippen molar-refractivity contribution in [3.05, 3.63) is 16.1 Å². The molecule has 1 aliphatic carbocycles. The molecule has 0 aromatic carbocycles. The van der Waals surface area contributed by atoms with Gasteiger partial charge in [0.2, 0.25) is 0 Å². The Bertz CT molecular complexity index is 444. The van der Waals surface area contributed by atoms with Crippen molar-refractivity contribution < 1.29 is 13.2 Å². The van der Waals surface area contributed by atoms with E-state index >= 15 is 0 Å². The topological polar surface area (TPSA) is 24.9 Å². The smallest absolute Gasteiger partial charge is 0.314 e. The third kappa shape index (κ3) is 4.42. The molecule has 0 saturated heterocycles. The molecule has 0 amide bonds. The zero-order chi connectivity index (χ0) is 15.5. The van der Waals surface area contributed by atoms with E-state index in [1.807, 2.05) is 19.2 Å². The van der Waals surface area contributed by atoms with Gasteiger partial charge in [0, 0.05) is 23.5 Å². The second-order valence-electron chi connectivity index (χ2n) is 5.85. The van der Waals surface area contributed by atoms with Crippen molar-refractivity contribution in [1.29, 1.82) is 0 Å². The van der Waals surface area contributed by atoms with Crippen molar-refractivity contribution in [2.75, 3.05) is 6.54 Å². The van der Waals surface area contributed by atoms with Crippen LogP contribution in [0.3, 0.4) is 0 Å². The second kappa shape index (κ2) is 7.09. The lowest BCUT2D eigenvalue weighted by molar-refractivity contribution is -0.199. The third-order valence-corrected chi connectivity index (χ3v) is 5.27. The Morgan fingerprint density at radius 2 is 2.10 bits per heavy atom. The first kappa shape index (κ1) is 16.7. The van der Waals surface area contributed by atoms with Crippen LogP contribution in [0.2, 0.25) is 0 Å². The molecule has 1 saturated carbocycles. The van der Waals surface area contributed by atoms with Crippen LogP contribution in [-0.4, -0.2) is 23.7 Å². The molecule has 1 aromatic heterocycles. The van der Waals surface area contributed by atoms with Gasteiger partial charge < -0.3 is 5.32 Å². The predicted octanol–water partition coefficient (Wildman–Crippen LogP) is 4.34. The van der Waals surface area contributed by atoms with Gasteiger partial charge in [-0.1, -0.05) is 19.8 Å². The number of nitrogens with one attached hydrogen (secondary N) is 1. The number of nitrogens with zero attached hydrogens (tertiary/aromatic N) is 1. The quantitative estimate of drug-likeness (QED) is 0.873. The molecule has 0 bridgehead atoms. The zero-order valence-electron chi connectivity index (χ0n) is 12.5. The lowest BCUT2D eigenvalue weighted by Gasteiger charge is -2.38. The van der Waals surface area contributed by atoms with Crippen LogP contribution in [0.15, 0.2) is 5.38 Å². The number of aryl methyl sites for hydroxylation is 1. The number of likely N-dealkylation sites (N-methyl/N-ethyl adjacent to an activating group) is 1. The van der Waals surface area contributed by atoms with E-state index in [1.165, 1.54) is 0 Å². The molecule has 6 heteroatoms. The van der Waals surface area contributed by atoms with Crippen LogP contribution < -0.4 is 5.32 Å². The van der Waals surface area contributed by atoms with Crippen molar-refractivity contribution in [1.82, 2.24) is 10.3 Å². The Morgan fingerprint density at radius 1 is 1.38 bits per heavy atom. The minimum Gasteiger partial charge on any atom is -0.314 e. The van der Waals surface area contributed by atoms with E-state index in [1.54, 1.807) is 11.3 Å². The van der Waals surface area contributed by atoms with Crippen LogP contribution in [0.1, 0.15) is 43.3 Å². The Hall–Kier alpha value is -0.620. The van der Waals surface area contributed by atoms with E-state index in [2.05, 4.69) is 10.3 Å². The molecule has 1 N–H and O–H groups in total. The van der Waals surface area contributed by atoms with Crippen molar-refractivity contribution in [2.45, 2.75) is 58.2 Å². The molecule has 120 valence electrons. The monoisotopic (exact) mass is 320 g/mol. The minimum absolute atomic E-state index is 0.132. The number of alkyl halides is 3. The summed E-state index contributed by atoms with van der Waals surface area (Å²) in [6.07, 6.45) is -0.966. The molecule has 3 unspecified atom stereocenters. The molecule has 0 aliphatic heterocycles. The van der Waals surface area contributed by atoms with Gasteiger partial charge in [-0.25, -0.2) is 4.98 Å². The zero-order valence-corrected chi connectivity index (χ0v) is 13.4. The fourth-order valence-electron chi connectivity index (χ4n) is 3.37. The molecule has 1 aliphatic rings. The summed E-state index contributed by atoms with van der Waals surface area (Å²) in [5.41, 5.74) is 0.946. The lowest BCUT2D eigenvalue weighted by atomic mass is 9.74. The largest absolute Gasteiger partial charge is 0.392 e. The molecule has 1 aromatic rings. The Morgan fingerprint density at radius 3 is 2.67 bits per heavy atom. The fourth-order valence-corrected chi connectivity index (χ4v) is 4.20. The fraction of sp³-hybridized carbons (Fsp3) is 0.800. The summed E-state index contributed by atoms with van der Waals surface area (Å²) < 4.78 is 39.9. The summed E-state index contributed by atoms with van der Waals surface area (Å²) in [4.78, 5) is 4.41. The molecule has 1 fully saturated rings. The maximum Gasteiger partial charge on any atom is 0.392 e. The van der Waals surface area contributed by atoms with Gasteiger partial charge in [0.1, 0.15) is 0 Å². The first-order valence-electron chi connectivity index (χ1n) is 7.63. The van der Waals surface area contributed by atoms with Crippen molar-refractivity contribution in [2.24, 2.45) is 11.8 Å². The maximum atomic E-state index is 13.3. The van der Waals surface area contributed by atoms with Crippen LogP contribution in [-0.2, 0) is 6.42 Å². The van der Waals surface area contributed by atoms with Crippen molar-refractivity contribution >= 4 is 11.3 Å². The van der Waals surface area contributed by atoms with Crippen LogP contribution in [0.5, 0.6) is 0 Å². The molecule has 0 radical (unpaired) electrons. The lowest BCUT2D eigenvalue weighted by Crippen LogP contribution is -2.46. The van der Waals surface area contributed by atoms with Crippen LogP contribution >= 0.6 is 11.3 Å². The van der Waals surface area contributed by atoms with Gasteiger partial charge in [-0.15, -0.1) is 11.3 Å². The Balaban J connectivity index is 2.14. The first-order chi connectivity index (χ1) is 9.91. The number of thiazole rings is 1. The highest BCUT2D eigenvalue weighted by atomic mass is 32.1. The Kier molecular flexibility index (Phi) is 5.66. The molecular weight excluding hydrogens is 297 g/mol. The van der Waals surface area contributed by atoms with Gasteiger partial charge in [0.15, 0.2) is 0 Å². The standard InChI is InChI=1S/C15H23F3N2S/c1-3-19-13(8-14-20-10(2)9-21-14)11-6-4-5-7-12(11)15(16,17)18/h9,11-13,19H,3-8H2,1-2H3. The van der Waals surface area contributed by atoms with E-state index in [4.69, 9.17) is 0 Å². The van der Waals surface area contributed by atoms with Crippen LogP contribution in [0.4, 0.5) is 13.2 Å². The maximum absolute atomic E-state index is 13.3. The molecule has 1 heterocycles. The number of halogens is 3. The van der Waals surface area contributed by atoms with E-state index in [0.29, 0.717) is 25.8 Å². The van der Waals surface area contributed by atoms with Crippen molar-refractivity contribution in [3.8, 4) is 0 Å². The summed E-state index contributed by atoms with van der Waals surface area (Å²) in [6, 6.07) is -0.132. The summed E-state index contributed by atoms with van der Waals surface area (Å²) in [5.74, 6) is -1.50.